The summed E-state index contributed by atoms with van der Waals surface area (Å²) in [5.41, 5.74) is 0. The van der Waals surface area contributed by atoms with Gasteiger partial charge in [-0.05, 0) is 0 Å². The Bertz CT molecular complexity index is 743. The van der Waals surface area contributed by atoms with E-state index >= 15 is 0 Å². The Kier molecular flexibility index (Phi) is 10.5. The quantitative estimate of drug-likeness (QED) is 0.135. The summed E-state index contributed by atoms with van der Waals surface area (Å²) in [6.45, 7) is -1.23. The largest absolute Gasteiger partial charge is 0.394 e. The van der Waals surface area contributed by atoms with Gasteiger partial charge in [-0.2, -0.15) is 0 Å². The molecule has 17 heteroatoms. The van der Waals surface area contributed by atoms with E-state index in [0.29, 0.717) is 0 Å². The van der Waals surface area contributed by atoms with Crippen molar-refractivity contribution >= 4 is 5.91 Å². The molecule has 15 atom stereocenters. The predicted molar refractivity (Wildman–Crippen MR) is 113 cm³/mol. The minimum atomic E-state index is -1.84. The number of nitrogens with one attached hydrogen (secondary N) is 1. The van der Waals surface area contributed by atoms with Crippen molar-refractivity contribution in [2.24, 2.45) is 0 Å². The molecule has 3 heterocycles. The van der Waals surface area contributed by atoms with Gasteiger partial charge in [-0.25, -0.2) is 0 Å². The van der Waals surface area contributed by atoms with Gasteiger partial charge >= 0.3 is 0 Å². The van der Waals surface area contributed by atoms with Gasteiger partial charge < -0.3 is 80.1 Å². The van der Waals surface area contributed by atoms with Crippen LogP contribution in [0.5, 0.6) is 0 Å². The summed E-state index contributed by atoms with van der Waals surface area (Å²) in [6, 6.07) is -1.47. The molecule has 1 unspecified atom stereocenters. The fraction of sp³-hybridized carbons (Fsp3) is 0.950. The van der Waals surface area contributed by atoms with Gasteiger partial charge in [-0.1, -0.05) is 0 Å². The molecule has 17 nitrogen and oxygen atoms in total. The summed E-state index contributed by atoms with van der Waals surface area (Å²) in [6.07, 6.45) is -23.1. The van der Waals surface area contributed by atoms with E-state index in [1.54, 1.807) is 0 Å². The van der Waals surface area contributed by atoms with Crippen molar-refractivity contribution in [1.82, 2.24) is 5.32 Å². The van der Waals surface area contributed by atoms with Gasteiger partial charge in [0.15, 0.2) is 18.9 Å². The van der Waals surface area contributed by atoms with Crippen LogP contribution in [-0.2, 0) is 28.5 Å². The minimum Gasteiger partial charge on any atom is -0.394 e. The van der Waals surface area contributed by atoms with Gasteiger partial charge in [0.1, 0.15) is 73.2 Å². The van der Waals surface area contributed by atoms with Crippen LogP contribution in [0.3, 0.4) is 0 Å². The van der Waals surface area contributed by atoms with Crippen LogP contribution in [0.2, 0.25) is 0 Å². The molecule has 3 aliphatic rings. The molecule has 0 aromatic carbocycles. The molecule has 0 aliphatic carbocycles. The van der Waals surface area contributed by atoms with Crippen LogP contribution in [-0.4, -0.2) is 169 Å². The second-order valence-electron chi connectivity index (χ2n) is 9.07. The Labute approximate surface area is 210 Å². The summed E-state index contributed by atoms with van der Waals surface area (Å²) in [7, 11) is 0. The zero-order valence-corrected chi connectivity index (χ0v) is 19.7. The minimum absolute atomic E-state index is 0.676. The third-order valence-corrected chi connectivity index (χ3v) is 6.49. The van der Waals surface area contributed by atoms with Crippen LogP contribution in [0, 0.1) is 0 Å². The van der Waals surface area contributed by atoms with Crippen LogP contribution in [0.1, 0.15) is 6.92 Å². The monoisotopic (exact) mass is 545 g/mol. The molecule has 0 aromatic rings. The Morgan fingerprint density at radius 2 is 1.16 bits per heavy atom. The Morgan fingerprint density at radius 1 is 0.649 bits per heavy atom. The average Bonchev–Trinajstić information content (AvgIpc) is 2.87. The molecule has 11 N–H and O–H groups in total. The van der Waals surface area contributed by atoms with E-state index in [2.05, 4.69) is 5.32 Å². The molecule has 0 spiro atoms. The van der Waals surface area contributed by atoms with E-state index in [1.165, 1.54) is 0 Å². The van der Waals surface area contributed by atoms with Crippen LogP contribution < -0.4 is 5.32 Å². The molecular formula is C20H35NO16. The first-order chi connectivity index (χ1) is 17.4. The van der Waals surface area contributed by atoms with Crippen molar-refractivity contribution < 1.29 is 79.5 Å². The summed E-state index contributed by atoms with van der Waals surface area (Å²) in [4.78, 5) is 11.9. The van der Waals surface area contributed by atoms with Gasteiger partial charge in [-0.3, -0.25) is 4.79 Å². The Hall–Kier alpha value is -1.13. The third-order valence-electron chi connectivity index (χ3n) is 6.49. The molecule has 0 bridgehead atoms. The lowest BCUT2D eigenvalue weighted by Crippen LogP contribution is -2.69. The molecule has 216 valence electrons. The smallest absolute Gasteiger partial charge is 0.217 e. The van der Waals surface area contributed by atoms with Crippen molar-refractivity contribution in [3.8, 4) is 0 Å². The first-order valence-corrected chi connectivity index (χ1v) is 11.6. The molecule has 3 rings (SSSR count). The van der Waals surface area contributed by atoms with E-state index in [4.69, 9.17) is 23.7 Å². The fourth-order valence-corrected chi connectivity index (χ4v) is 4.46. The third kappa shape index (κ3) is 6.38. The van der Waals surface area contributed by atoms with E-state index in [-0.39, 0.29) is 0 Å². The summed E-state index contributed by atoms with van der Waals surface area (Å²) in [5, 5.41) is 103. The number of rotatable bonds is 8. The molecular weight excluding hydrogens is 510 g/mol. The first kappa shape index (κ1) is 30.4. The average molecular weight is 545 g/mol. The molecule has 0 radical (unpaired) electrons. The van der Waals surface area contributed by atoms with Gasteiger partial charge in [0.25, 0.3) is 0 Å². The Morgan fingerprint density at radius 3 is 1.73 bits per heavy atom. The number of ether oxygens (including phenoxy) is 5. The zero-order chi connectivity index (χ0) is 27.6. The lowest BCUT2D eigenvalue weighted by Gasteiger charge is -2.49. The fourth-order valence-electron chi connectivity index (χ4n) is 4.46. The van der Waals surface area contributed by atoms with Crippen LogP contribution in [0.25, 0.3) is 0 Å². The Balaban J connectivity index is 1.83. The standard InChI is InChI=1S/C20H35NO16/c1-5(25)21-9-11(27)16(37-20-15(31)12(28)10(26)6(2-22)34-20)8(4-24)35-19(9)36-17-7(3-23)33-18(32)14(30)13(17)29/h6-20,22-24,26-32H,2-4H2,1H3,(H,21,25)/t6-,7-,8-,9-,10+,11-,12+,13-,14+,15-,16-,17-,18?,19+,20+/m1/s1. The molecule has 0 saturated carbocycles. The highest BCUT2D eigenvalue weighted by Gasteiger charge is 2.53. The van der Waals surface area contributed by atoms with E-state index in [0.717, 1.165) is 6.92 Å². The highest BCUT2D eigenvalue weighted by Crippen LogP contribution is 2.32. The number of carbonyl (C=O) groups is 1. The highest BCUT2D eigenvalue weighted by molar-refractivity contribution is 5.73. The highest BCUT2D eigenvalue weighted by atomic mass is 16.7. The van der Waals surface area contributed by atoms with Crippen molar-refractivity contribution in [3.63, 3.8) is 0 Å². The molecule has 3 aliphatic heterocycles. The number of aliphatic hydroxyl groups excluding tert-OH is 10. The van der Waals surface area contributed by atoms with Gasteiger partial charge in [0, 0.05) is 6.92 Å². The zero-order valence-electron chi connectivity index (χ0n) is 19.7. The predicted octanol–water partition coefficient (Wildman–Crippen LogP) is -7.43. The second-order valence-corrected chi connectivity index (χ2v) is 9.07. The van der Waals surface area contributed by atoms with Crippen LogP contribution in [0.4, 0.5) is 0 Å². The van der Waals surface area contributed by atoms with Crippen molar-refractivity contribution in [2.75, 3.05) is 19.8 Å². The first-order valence-electron chi connectivity index (χ1n) is 11.6. The summed E-state index contributed by atoms with van der Waals surface area (Å²) in [5.74, 6) is -0.676. The second kappa shape index (κ2) is 12.8. The molecule has 37 heavy (non-hydrogen) atoms. The molecule has 3 fully saturated rings. The van der Waals surface area contributed by atoms with E-state index < -0.39 is 118 Å². The SMILES string of the molecule is CC(=O)N[C@H]1[C@H](O[C@H]2[C@H](O)[C@H](O)C(O)O[C@@H]2CO)O[C@H](CO)[C@@H](O[C@@H]2O[C@H](CO)[C@H](O)[C@H](O)[C@H]2O)[C@@H]1O. The molecule has 0 aromatic heterocycles. The van der Waals surface area contributed by atoms with E-state index in [9.17, 15) is 55.9 Å². The maximum Gasteiger partial charge on any atom is 0.217 e. The van der Waals surface area contributed by atoms with Gasteiger partial charge in [0.05, 0.1) is 19.8 Å². The topological polar surface area (TPSA) is 278 Å². The maximum absolute atomic E-state index is 11.9. The lowest BCUT2D eigenvalue weighted by atomic mass is 9.94. The maximum atomic E-state index is 11.9. The van der Waals surface area contributed by atoms with Crippen LogP contribution in [0.15, 0.2) is 0 Å². The van der Waals surface area contributed by atoms with Gasteiger partial charge in [0.2, 0.25) is 5.91 Å². The number of carbonyl (C=O) groups excluding carboxylic acids is 1. The van der Waals surface area contributed by atoms with Crippen molar-refractivity contribution in [3.05, 3.63) is 0 Å². The number of amides is 1. The van der Waals surface area contributed by atoms with Crippen LogP contribution >= 0.6 is 0 Å². The van der Waals surface area contributed by atoms with Crippen molar-refractivity contribution in [1.29, 1.82) is 0 Å². The van der Waals surface area contributed by atoms with E-state index in [1.807, 2.05) is 0 Å². The summed E-state index contributed by atoms with van der Waals surface area (Å²) < 4.78 is 27.2. The normalized spacial score (nSPS) is 49.0. The summed E-state index contributed by atoms with van der Waals surface area (Å²) >= 11 is 0. The number of hydrogen-bond donors (Lipinski definition) is 11. The molecule has 3 saturated heterocycles. The van der Waals surface area contributed by atoms with Crippen molar-refractivity contribution in [2.45, 2.75) is 99.0 Å². The number of hydrogen-bond acceptors (Lipinski definition) is 16. The lowest BCUT2D eigenvalue weighted by molar-refractivity contribution is -0.365. The van der Waals surface area contributed by atoms with Gasteiger partial charge in [-0.15, -0.1) is 0 Å². The molecule has 1 amide bonds. The number of aliphatic hydroxyl groups is 10.